The van der Waals surface area contributed by atoms with Crippen LogP contribution in [0.4, 0.5) is 5.69 Å². The first-order valence-electron chi connectivity index (χ1n) is 6.65. The Balaban J connectivity index is 1.68. The van der Waals surface area contributed by atoms with Crippen LogP contribution in [-0.4, -0.2) is 16.2 Å². The molecule has 0 fully saturated rings. The molecule has 2 aromatic carbocycles. The Kier molecular flexibility index (Phi) is 3.61. The number of hydrogen-bond donors (Lipinski definition) is 2. The second-order valence-electron chi connectivity index (χ2n) is 5.05. The second-order valence-corrected chi connectivity index (χ2v) is 5.48. The molecular weight excluding hydrogens is 270 g/mol. The van der Waals surface area contributed by atoms with E-state index in [1.165, 1.54) is 5.56 Å². The molecule has 4 heteroatoms. The summed E-state index contributed by atoms with van der Waals surface area (Å²) in [5, 5.41) is 12.4. The van der Waals surface area contributed by atoms with Crippen molar-refractivity contribution in [2.45, 2.75) is 19.4 Å². The van der Waals surface area contributed by atoms with E-state index in [-0.39, 0.29) is 0 Å². The summed E-state index contributed by atoms with van der Waals surface area (Å²) in [5.74, 6) is 0. The largest absolute Gasteiger partial charge is 0.382 e. The third-order valence-electron chi connectivity index (χ3n) is 3.31. The number of fused-ring (bicyclic) bond motifs is 1. The van der Waals surface area contributed by atoms with E-state index in [9.17, 15) is 0 Å². The first-order chi connectivity index (χ1) is 9.70. The van der Waals surface area contributed by atoms with Crippen molar-refractivity contribution in [1.82, 2.24) is 10.2 Å². The number of benzene rings is 2. The normalized spacial score (nSPS) is 12.5. The molecule has 3 aromatic rings. The number of nitrogens with one attached hydrogen (secondary N) is 2. The lowest BCUT2D eigenvalue weighted by atomic mass is 10.1. The molecule has 0 spiro atoms. The molecule has 1 unspecified atom stereocenters. The maximum atomic E-state index is 5.90. The van der Waals surface area contributed by atoms with Crippen molar-refractivity contribution in [3.05, 3.63) is 59.2 Å². The van der Waals surface area contributed by atoms with Crippen LogP contribution in [0.15, 0.2) is 48.7 Å². The summed E-state index contributed by atoms with van der Waals surface area (Å²) in [6.07, 6.45) is 2.79. The minimum Gasteiger partial charge on any atom is -0.382 e. The van der Waals surface area contributed by atoms with Gasteiger partial charge in [0.15, 0.2) is 0 Å². The van der Waals surface area contributed by atoms with Gasteiger partial charge in [-0.3, -0.25) is 5.10 Å². The predicted octanol–water partition coefficient (Wildman–Crippen LogP) is 4.26. The van der Waals surface area contributed by atoms with Crippen LogP contribution < -0.4 is 5.32 Å². The number of H-pyrrole nitrogens is 1. The summed E-state index contributed by atoms with van der Waals surface area (Å²) in [6, 6.07) is 14.6. The molecule has 0 saturated carbocycles. The molecule has 3 nitrogen and oxygen atoms in total. The summed E-state index contributed by atoms with van der Waals surface area (Å²) in [4.78, 5) is 0. The van der Waals surface area contributed by atoms with Crippen LogP contribution in [0.5, 0.6) is 0 Å². The molecule has 3 rings (SSSR count). The van der Waals surface area contributed by atoms with Gasteiger partial charge in [0.2, 0.25) is 0 Å². The average Bonchev–Trinajstić information content (AvgIpc) is 2.89. The van der Waals surface area contributed by atoms with Gasteiger partial charge in [-0.2, -0.15) is 5.10 Å². The van der Waals surface area contributed by atoms with E-state index >= 15 is 0 Å². The third kappa shape index (κ3) is 2.94. The highest BCUT2D eigenvalue weighted by atomic mass is 35.5. The lowest BCUT2D eigenvalue weighted by Crippen LogP contribution is -2.17. The van der Waals surface area contributed by atoms with Crippen molar-refractivity contribution in [3.8, 4) is 0 Å². The smallest absolute Gasteiger partial charge is 0.0670 e. The van der Waals surface area contributed by atoms with E-state index < -0.39 is 0 Å². The summed E-state index contributed by atoms with van der Waals surface area (Å²) < 4.78 is 0. The molecule has 20 heavy (non-hydrogen) atoms. The van der Waals surface area contributed by atoms with Crippen molar-refractivity contribution < 1.29 is 0 Å². The second kappa shape index (κ2) is 5.55. The fourth-order valence-corrected chi connectivity index (χ4v) is 2.46. The molecule has 0 aliphatic heterocycles. The van der Waals surface area contributed by atoms with E-state index in [2.05, 4.69) is 52.8 Å². The quantitative estimate of drug-likeness (QED) is 0.752. The Hall–Kier alpha value is -2.00. The SMILES string of the molecule is CC(Cc1ccc(Cl)cc1)Nc1ccc2cn[nH]c2c1. The van der Waals surface area contributed by atoms with Gasteiger partial charge in [-0.05, 0) is 49.2 Å². The maximum absolute atomic E-state index is 5.90. The number of nitrogens with zero attached hydrogens (tertiary/aromatic N) is 1. The summed E-state index contributed by atoms with van der Waals surface area (Å²) in [7, 11) is 0. The first kappa shape index (κ1) is 13.0. The van der Waals surface area contributed by atoms with Crippen LogP contribution in [0.3, 0.4) is 0 Å². The Morgan fingerprint density at radius 2 is 2.00 bits per heavy atom. The lowest BCUT2D eigenvalue weighted by Gasteiger charge is -2.15. The van der Waals surface area contributed by atoms with E-state index in [4.69, 9.17) is 11.6 Å². The topological polar surface area (TPSA) is 40.7 Å². The third-order valence-corrected chi connectivity index (χ3v) is 3.56. The Bertz CT molecular complexity index is 703. The fourth-order valence-electron chi connectivity index (χ4n) is 2.34. The number of rotatable bonds is 4. The van der Waals surface area contributed by atoms with Gasteiger partial charge in [0.1, 0.15) is 0 Å². The zero-order valence-corrected chi connectivity index (χ0v) is 12.0. The molecule has 0 bridgehead atoms. The molecular formula is C16H16ClN3. The standard InChI is InChI=1S/C16H16ClN3/c1-11(8-12-2-5-14(17)6-3-12)19-15-7-4-13-10-18-20-16(13)9-15/h2-7,9-11,19H,8H2,1H3,(H,18,20). The van der Waals surface area contributed by atoms with Gasteiger partial charge < -0.3 is 5.32 Å². The minimum absolute atomic E-state index is 0.344. The van der Waals surface area contributed by atoms with Gasteiger partial charge in [0.25, 0.3) is 0 Å². The Morgan fingerprint density at radius 3 is 2.80 bits per heavy atom. The van der Waals surface area contributed by atoms with E-state index in [1.807, 2.05) is 18.3 Å². The van der Waals surface area contributed by atoms with E-state index in [0.717, 1.165) is 28.0 Å². The summed E-state index contributed by atoms with van der Waals surface area (Å²) in [5.41, 5.74) is 3.42. The van der Waals surface area contributed by atoms with E-state index in [0.29, 0.717) is 6.04 Å². The molecule has 2 N–H and O–H groups in total. The predicted molar refractivity (Wildman–Crippen MR) is 84.3 cm³/mol. The maximum Gasteiger partial charge on any atom is 0.0670 e. The van der Waals surface area contributed by atoms with Crippen molar-refractivity contribution in [2.24, 2.45) is 0 Å². The fraction of sp³-hybridized carbons (Fsp3) is 0.188. The molecule has 1 heterocycles. The zero-order valence-electron chi connectivity index (χ0n) is 11.2. The number of aromatic nitrogens is 2. The van der Waals surface area contributed by atoms with Crippen molar-refractivity contribution in [2.75, 3.05) is 5.32 Å². The number of aromatic amines is 1. The summed E-state index contributed by atoms with van der Waals surface area (Å²) >= 11 is 5.90. The van der Waals surface area contributed by atoms with Gasteiger partial charge in [0, 0.05) is 22.1 Å². The van der Waals surface area contributed by atoms with Crippen LogP contribution in [-0.2, 0) is 6.42 Å². The highest BCUT2D eigenvalue weighted by molar-refractivity contribution is 6.30. The van der Waals surface area contributed by atoms with Gasteiger partial charge in [0.05, 0.1) is 11.7 Å². The number of anilines is 1. The number of halogens is 1. The van der Waals surface area contributed by atoms with Crippen molar-refractivity contribution in [1.29, 1.82) is 0 Å². The van der Waals surface area contributed by atoms with Crippen molar-refractivity contribution in [3.63, 3.8) is 0 Å². The van der Waals surface area contributed by atoms with Crippen LogP contribution in [0, 0.1) is 0 Å². The van der Waals surface area contributed by atoms with E-state index in [1.54, 1.807) is 0 Å². The average molecular weight is 286 g/mol. The van der Waals surface area contributed by atoms with Gasteiger partial charge in [-0.25, -0.2) is 0 Å². The molecule has 1 aromatic heterocycles. The number of hydrogen-bond acceptors (Lipinski definition) is 2. The minimum atomic E-state index is 0.344. The van der Waals surface area contributed by atoms with Crippen LogP contribution in [0.1, 0.15) is 12.5 Å². The van der Waals surface area contributed by atoms with Crippen LogP contribution in [0.2, 0.25) is 5.02 Å². The van der Waals surface area contributed by atoms with Crippen molar-refractivity contribution >= 4 is 28.2 Å². The lowest BCUT2D eigenvalue weighted by molar-refractivity contribution is 0.790. The monoisotopic (exact) mass is 285 g/mol. The highest BCUT2D eigenvalue weighted by Gasteiger charge is 2.05. The molecule has 0 aliphatic carbocycles. The first-order valence-corrected chi connectivity index (χ1v) is 7.02. The molecule has 0 radical (unpaired) electrons. The zero-order chi connectivity index (χ0) is 13.9. The molecule has 0 saturated heterocycles. The van der Waals surface area contributed by atoms with Gasteiger partial charge in [-0.1, -0.05) is 23.7 Å². The molecule has 102 valence electrons. The molecule has 0 amide bonds. The van der Waals surface area contributed by atoms with Gasteiger partial charge in [-0.15, -0.1) is 0 Å². The van der Waals surface area contributed by atoms with Crippen LogP contribution in [0.25, 0.3) is 10.9 Å². The Labute approximate surface area is 123 Å². The summed E-state index contributed by atoms with van der Waals surface area (Å²) in [6.45, 7) is 2.17. The molecule has 0 aliphatic rings. The Morgan fingerprint density at radius 1 is 1.20 bits per heavy atom. The van der Waals surface area contributed by atoms with Crippen LogP contribution >= 0.6 is 11.6 Å². The van der Waals surface area contributed by atoms with Gasteiger partial charge >= 0.3 is 0 Å². The highest BCUT2D eigenvalue weighted by Crippen LogP contribution is 2.18. The molecule has 1 atom stereocenters.